The molecule has 1 saturated carbocycles. The Morgan fingerprint density at radius 1 is 1.17 bits per heavy atom. The lowest BCUT2D eigenvalue weighted by atomic mass is 10.2. The summed E-state index contributed by atoms with van der Waals surface area (Å²) in [4.78, 5) is 12.1. The van der Waals surface area contributed by atoms with Gasteiger partial charge in [0.05, 0.1) is 17.1 Å². The Morgan fingerprint density at radius 2 is 1.88 bits per heavy atom. The number of rotatable bonds is 7. The van der Waals surface area contributed by atoms with Crippen LogP contribution in [-0.2, 0) is 23.0 Å². The molecular weight excluding hydrogens is 326 g/mol. The Labute approximate surface area is 141 Å². The van der Waals surface area contributed by atoms with Crippen LogP contribution in [0.15, 0.2) is 46.1 Å². The highest BCUT2D eigenvalue weighted by molar-refractivity contribution is 7.89. The first-order valence-corrected chi connectivity index (χ1v) is 9.64. The van der Waals surface area contributed by atoms with Crippen LogP contribution in [0.1, 0.15) is 36.9 Å². The van der Waals surface area contributed by atoms with Gasteiger partial charge in [-0.05, 0) is 43.0 Å². The van der Waals surface area contributed by atoms with Gasteiger partial charge in [-0.2, -0.15) is 5.10 Å². The van der Waals surface area contributed by atoms with Crippen LogP contribution in [0.3, 0.4) is 0 Å². The van der Waals surface area contributed by atoms with Crippen molar-refractivity contribution in [2.75, 3.05) is 6.54 Å². The van der Waals surface area contributed by atoms with Crippen molar-refractivity contribution >= 4 is 10.0 Å². The van der Waals surface area contributed by atoms with Gasteiger partial charge < -0.3 is 0 Å². The van der Waals surface area contributed by atoms with Gasteiger partial charge in [-0.25, -0.2) is 17.8 Å². The molecule has 2 aromatic rings. The normalized spacial score (nSPS) is 14.7. The van der Waals surface area contributed by atoms with Crippen molar-refractivity contribution in [3.05, 3.63) is 58.0 Å². The first-order valence-electron chi connectivity index (χ1n) is 8.16. The van der Waals surface area contributed by atoms with Gasteiger partial charge in [0.25, 0.3) is 5.56 Å². The van der Waals surface area contributed by atoms with Gasteiger partial charge in [-0.15, -0.1) is 0 Å². The predicted molar refractivity (Wildman–Crippen MR) is 91.5 cm³/mol. The molecule has 0 atom stereocenters. The number of hydrogen-bond acceptors (Lipinski definition) is 4. The molecule has 1 N–H and O–H groups in total. The fraction of sp³-hybridized carbons (Fsp3) is 0.412. The third kappa shape index (κ3) is 3.91. The number of nitrogens with one attached hydrogen (secondary N) is 1. The first kappa shape index (κ1) is 16.9. The SMILES string of the molecule is CCc1ccc(S(=O)(=O)NCCn2nc(C3CC3)ccc2=O)cc1. The van der Waals surface area contributed by atoms with Crippen molar-refractivity contribution in [3.63, 3.8) is 0 Å². The zero-order chi connectivity index (χ0) is 17.2. The fourth-order valence-corrected chi connectivity index (χ4v) is 3.52. The number of benzene rings is 1. The molecule has 0 unspecified atom stereocenters. The smallest absolute Gasteiger partial charge is 0.266 e. The number of aryl methyl sites for hydroxylation is 1. The second kappa shape index (κ2) is 6.86. The van der Waals surface area contributed by atoms with E-state index in [-0.39, 0.29) is 23.5 Å². The largest absolute Gasteiger partial charge is 0.268 e. The quantitative estimate of drug-likeness (QED) is 0.826. The number of sulfonamides is 1. The van der Waals surface area contributed by atoms with Crippen LogP contribution in [0, 0.1) is 0 Å². The summed E-state index contributed by atoms with van der Waals surface area (Å²) in [5.41, 5.74) is 1.78. The molecule has 1 aliphatic carbocycles. The van der Waals surface area contributed by atoms with E-state index in [4.69, 9.17) is 0 Å². The third-order valence-electron chi connectivity index (χ3n) is 4.14. The molecule has 1 aliphatic rings. The maximum absolute atomic E-state index is 12.3. The van der Waals surface area contributed by atoms with Crippen molar-refractivity contribution in [2.24, 2.45) is 0 Å². The van der Waals surface area contributed by atoms with Crippen molar-refractivity contribution in [3.8, 4) is 0 Å². The van der Waals surface area contributed by atoms with Crippen molar-refractivity contribution in [1.29, 1.82) is 0 Å². The number of nitrogens with zero attached hydrogens (tertiary/aromatic N) is 2. The molecule has 0 saturated heterocycles. The minimum absolute atomic E-state index is 0.124. The zero-order valence-corrected chi connectivity index (χ0v) is 14.4. The highest BCUT2D eigenvalue weighted by Crippen LogP contribution is 2.38. The van der Waals surface area contributed by atoms with E-state index < -0.39 is 10.0 Å². The number of hydrogen-bond donors (Lipinski definition) is 1. The second-order valence-corrected chi connectivity index (χ2v) is 7.76. The summed E-state index contributed by atoms with van der Waals surface area (Å²) in [6, 6.07) is 10.1. The minimum Gasteiger partial charge on any atom is -0.268 e. The Kier molecular flexibility index (Phi) is 4.82. The topological polar surface area (TPSA) is 81.1 Å². The molecule has 1 aromatic carbocycles. The van der Waals surface area contributed by atoms with Gasteiger partial charge >= 0.3 is 0 Å². The molecule has 1 aromatic heterocycles. The average molecular weight is 347 g/mol. The van der Waals surface area contributed by atoms with Crippen LogP contribution in [0.2, 0.25) is 0 Å². The van der Waals surface area contributed by atoms with Gasteiger partial charge in [0.2, 0.25) is 10.0 Å². The Hall–Kier alpha value is -1.99. The highest BCUT2D eigenvalue weighted by atomic mass is 32.2. The maximum Gasteiger partial charge on any atom is 0.266 e. The van der Waals surface area contributed by atoms with E-state index in [1.165, 1.54) is 10.7 Å². The summed E-state index contributed by atoms with van der Waals surface area (Å²) in [6.45, 7) is 2.35. The Balaban J connectivity index is 1.64. The minimum atomic E-state index is -3.58. The van der Waals surface area contributed by atoms with E-state index in [2.05, 4.69) is 9.82 Å². The summed E-state index contributed by atoms with van der Waals surface area (Å²) in [6.07, 6.45) is 3.07. The molecule has 7 heteroatoms. The second-order valence-electron chi connectivity index (χ2n) is 5.99. The summed E-state index contributed by atoms with van der Waals surface area (Å²) in [7, 11) is -3.58. The van der Waals surface area contributed by atoms with E-state index in [0.29, 0.717) is 5.92 Å². The lowest BCUT2D eigenvalue weighted by Gasteiger charge is -2.09. The zero-order valence-electron chi connectivity index (χ0n) is 13.6. The summed E-state index contributed by atoms with van der Waals surface area (Å²) in [5, 5.41) is 4.32. The Morgan fingerprint density at radius 3 is 2.50 bits per heavy atom. The van der Waals surface area contributed by atoms with Crippen molar-refractivity contribution < 1.29 is 8.42 Å². The standard InChI is InChI=1S/C17H21N3O3S/c1-2-13-3-7-15(8-4-13)24(22,23)18-11-12-20-17(21)10-9-16(19-20)14-5-6-14/h3-4,7-10,14,18H,2,5-6,11-12H2,1H3. The molecule has 128 valence electrons. The molecule has 0 spiro atoms. The summed E-state index contributed by atoms with van der Waals surface area (Å²) >= 11 is 0. The lowest BCUT2D eigenvalue weighted by molar-refractivity contribution is 0.541. The van der Waals surface area contributed by atoms with Crippen molar-refractivity contribution in [2.45, 2.75) is 43.5 Å². The number of aromatic nitrogens is 2. The monoisotopic (exact) mass is 347 g/mol. The molecule has 0 aliphatic heterocycles. The molecule has 24 heavy (non-hydrogen) atoms. The third-order valence-corrected chi connectivity index (χ3v) is 5.62. The van der Waals surface area contributed by atoms with Crippen LogP contribution in [0.25, 0.3) is 0 Å². The van der Waals surface area contributed by atoms with E-state index >= 15 is 0 Å². The van der Waals surface area contributed by atoms with Crippen LogP contribution in [-0.4, -0.2) is 24.7 Å². The molecule has 1 fully saturated rings. The van der Waals surface area contributed by atoms with Gasteiger partial charge in [-0.3, -0.25) is 4.79 Å². The Bertz CT molecular complexity index is 869. The molecule has 0 bridgehead atoms. The molecule has 1 heterocycles. The van der Waals surface area contributed by atoms with E-state index in [1.807, 2.05) is 6.92 Å². The molecule has 3 rings (SSSR count). The van der Waals surface area contributed by atoms with Gasteiger partial charge in [0, 0.05) is 18.5 Å². The van der Waals surface area contributed by atoms with E-state index in [1.54, 1.807) is 30.3 Å². The van der Waals surface area contributed by atoms with Gasteiger partial charge in [0.1, 0.15) is 0 Å². The highest BCUT2D eigenvalue weighted by Gasteiger charge is 2.25. The van der Waals surface area contributed by atoms with Crippen LogP contribution >= 0.6 is 0 Å². The van der Waals surface area contributed by atoms with Crippen molar-refractivity contribution in [1.82, 2.24) is 14.5 Å². The van der Waals surface area contributed by atoms with Gasteiger partial charge in [-0.1, -0.05) is 19.1 Å². The summed E-state index contributed by atoms with van der Waals surface area (Å²) < 4.78 is 28.4. The lowest BCUT2D eigenvalue weighted by Crippen LogP contribution is -2.32. The predicted octanol–water partition coefficient (Wildman–Crippen LogP) is 1.66. The van der Waals surface area contributed by atoms with Crippen LogP contribution in [0.4, 0.5) is 0 Å². The fourth-order valence-electron chi connectivity index (χ4n) is 2.50. The van der Waals surface area contributed by atoms with E-state index in [0.717, 1.165) is 30.5 Å². The molecule has 6 nitrogen and oxygen atoms in total. The van der Waals surface area contributed by atoms with Crippen LogP contribution < -0.4 is 10.3 Å². The average Bonchev–Trinajstić information content (AvgIpc) is 3.41. The first-order chi connectivity index (χ1) is 11.5. The van der Waals surface area contributed by atoms with E-state index in [9.17, 15) is 13.2 Å². The molecule has 0 radical (unpaired) electrons. The van der Waals surface area contributed by atoms with Gasteiger partial charge in [0.15, 0.2) is 0 Å². The van der Waals surface area contributed by atoms with Crippen LogP contribution in [0.5, 0.6) is 0 Å². The molecule has 0 amide bonds. The molecular formula is C17H21N3O3S. The summed E-state index contributed by atoms with van der Waals surface area (Å²) in [5.74, 6) is 0.450. The maximum atomic E-state index is 12.3.